The lowest BCUT2D eigenvalue weighted by atomic mass is 10.1. The standard InChI is InChI=1S/C13H12F3NO2/c14-4-2-1-3-5-17-10-7-8(15)6-9(16)11(10)12(18)13(17)19/h6-7H,1-5H2. The lowest BCUT2D eigenvalue weighted by molar-refractivity contribution is -0.114. The number of fused-ring (bicyclic) bond motifs is 1. The van der Waals surface area contributed by atoms with Crippen molar-refractivity contribution >= 4 is 17.4 Å². The summed E-state index contributed by atoms with van der Waals surface area (Å²) >= 11 is 0. The van der Waals surface area contributed by atoms with E-state index in [0.29, 0.717) is 25.3 Å². The molecule has 6 heteroatoms. The van der Waals surface area contributed by atoms with Crippen LogP contribution >= 0.6 is 0 Å². The van der Waals surface area contributed by atoms with Crippen molar-refractivity contribution in [2.24, 2.45) is 0 Å². The Morgan fingerprint density at radius 2 is 1.79 bits per heavy atom. The lowest BCUT2D eigenvalue weighted by Crippen LogP contribution is -2.30. The van der Waals surface area contributed by atoms with Gasteiger partial charge in [-0.15, -0.1) is 0 Å². The molecule has 1 aromatic carbocycles. The van der Waals surface area contributed by atoms with Gasteiger partial charge in [-0.05, 0) is 25.3 Å². The number of rotatable bonds is 5. The molecule has 1 heterocycles. The number of hydrogen-bond acceptors (Lipinski definition) is 2. The Labute approximate surface area is 108 Å². The van der Waals surface area contributed by atoms with Crippen molar-refractivity contribution in [1.82, 2.24) is 0 Å². The number of carbonyl (C=O) groups is 2. The van der Waals surface area contributed by atoms with Gasteiger partial charge >= 0.3 is 0 Å². The smallest absolute Gasteiger partial charge is 0.299 e. The molecule has 1 aromatic rings. The van der Waals surface area contributed by atoms with Crippen molar-refractivity contribution in [1.29, 1.82) is 0 Å². The molecular formula is C13H12F3NO2. The molecule has 1 aliphatic heterocycles. The topological polar surface area (TPSA) is 37.4 Å². The van der Waals surface area contributed by atoms with Crippen LogP contribution in [0.3, 0.4) is 0 Å². The molecule has 2 rings (SSSR count). The Hall–Kier alpha value is -1.85. The number of Topliss-reactive ketones (excluding diaryl/α,β-unsaturated/α-hetero) is 1. The fourth-order valence-electron chi connectivity index (χ4n) is 2.10. The third-order valence-corrected chi connectivity index (χ3v) is 3.01. The number of carbonyl (C=O) groups excluding carboxylic acids is 2. The molecule has 0 saturated carbocycles. The van der Waals surface area contributed by atoms with E-state index in [0.717, 1.165) is 11.0 Å². The van der Waals surface area contributed by atoms with Crippen LogP contribution in [0.15, 0.2) is 12.1 Å². The van der Waals surface area contributed by atoms with E-state index in [1.54, 1.807) is 0 Å². The number of amides is 1. The average Bonchev–Trinajstić information content (AvgIpc) is 2.59. The van der Waals surface area contributed by atoms with Crippen LogP contribution in [0.1, 0.15) is 29.6 Å². The number of alkyl halides is 1. The second-order valence-electron chi connectivity index (χ2n) is 4.32. The fraction of sp³-hybridized carbons (Fsp3) is 0.385. The van der Waals surface area contributed by atoms with Crippen molar-refractivity contribution in [3.63, 3.8) is 0 Å². The summed E-state index contributed by atoms with van der Waals surface area (Å²) in [5.41, 5.74) is -0.412. The normalized spacial score (nSPS) is 14.2. The first kappa shape index (κ1) is 13.6. The quantitative estimate of drug-likeness (QED) is 0.610. The summed E-state index contributed by atoms with van der Waals surface area (Å²) in [6.07, 6.45) is 1.38. The van der Waals surface area contributed by atoms with Crippen LogP contribution in [0.5, 0.6) is 0 Å². The van der Waals surface area contributed by atoms with Gasteiger partial charge in [-0.1, -0.05) is 0 Å². The Balaban J connectivity index is 2.23. The van der Waals surface area contributed by atoms with Gasteiger partial charge in [0.2, 0.25) is 0 Å². The van der Waals surface area contributed by atoms with Crippen LogP contribution < -0.4 is 4.90 Å². The molecule has 3 nitrogen and oxygen atoms in total. The molecule has 1 amide bonds. The summed E-state index contributed by atoms with van der Waals surface area (Å²) in [4.78, 5) is 24.4. The summed E-state index contributed by atoms with van der Waals surface area (Å²) < 4.78 is 38.6. The van der Waals surface area contributed by atoms with Crippen molar-refractivity contribution in [2.75, 3.05) is 18.1 Å². The predicted molar refractivity (Wildman–Crippen MR) is 62.9 cm³/mol. The fourth-order valence-corrected chi connectivity index (χ4v) is 2.10. The second-order valence-corrected chi connectivity index (χ2v) is 4.32. The van der Waals surface area contributed by atoms with Crippen molar-refractivity contribution in [3.05, 3.63) is 29.3 Å². The van der Waals surface area contributed by atoms with Gasteiger partial charge in [0, 0.05) is 12.6 Å². The second kappa shape index (κ2) is 5.42. The first-order valence-corrected chi connectivity index (χ1v) is 5.97. The molecule has 0 N–H and O–H groups in total. The maximum absolute atomic E-state index is 13.5. The summed E-state index contributed by atoms with van der Waals surface area (Å²) in [5.74, 6) is -3.69. The van der Waals surface area contributed by atoms with Crippen LogP contribution in [0.2, 0.25) is 0 Å². The van der Waals surface area contributed by atoms with E-state index in [9.17, 15) is 22.8 Å². The molecule has 0 aliphatic carbocycles. The number of ketones is 1. The first-order valence-electron chi connectivity index (χ1n) is 5.97. The van der Waals surface area contributed by atoms with Crippen LogP contribution in [-0.2, 0) is 4.79 Å². The monoisotopic (exact) mass is 271 g/mol. The van der Waals surface area contributed by atoms with E-state index in [4.69, 9.17) is 0 Å². The first-order chi connectivity index (χ1) is 9.06. The van der Waals surface area contributed by atoms with Gasteiger partial charge in [-0.3, -0.25) is 14.0 Å². The number of nitrogens with zero attached hydrogens (tertiary/aromatic N) is 1. The third-order valence-electron chi connectivity index (χ3n) is 3.01. The molecule has 102 valence electrons. The average molecular weight is 271 g/mol. The Morgan fingerprint density at radius 3 is 2.47 bits per heavy atom. The zero-order valence-corrected chi connectivity index (χ0v) is 10.1. The van der Waals surface area contributed by atoms with Gasteiger partial charge in [0.1, 0.15) is 11.6 Å². The maximum Gasteiger partial charge on any atom is 0.299 e. The highest BCUT2D eigenvalue weighted by molar-refractivity contribution is 6.52. The summed E-state index contributed by atoms with van der Waals surface area (Å²) in [5, 5.41) is 0. The van der Waals surface area contributed by atoms with Crippen molar-refractivity contribution in [3.8, 4) is 0 Å². The molecule has 0 spiro atoms. The van der Waals surface area contributed by atoms with E-state index in [1.165, 1.54) is 0 Å². The van der Waals surface area contributed by atoms with Gasteiger partial charge in [-0.25, -0.2) is 8.78 Å². The third kappa shape index (κ3) is 2.47. The molecule has 19 heavy (non-hydrogen) atoms. The van der Waals surface area contributed by atoms with Gasteiger partial charge in [0.15, 0.2) is 0 Å². The number of hydrogen-bond donors (Lipinski definition) is 0. The highest BCUT2D eigenvalue weighted by Gasteiger charge is 2.38. The minimum atomic E-state index is -1.03. The number of benzene rings is 1. The predicted octanol–water partition coefficient (Wildman–Crippen LogP) is 2.63. The van der Waals surface area contributed by atoms with E-state index in [-0.39, 0.29) is 17.8 Å². The van der Waals surface area contributed by atoms with Gasteiger partial charge in [0.05, 0.1) is 17.9 Å². The van der Waals surface area contributed by atoms with E-state index in [2.05, 4.69) is 0 Å². The molecular weight excluding hydrogens is 259 g/mol. The summed E-state index contributed by atoms with van der Waals surface area (Å²) in [6, 6.07) is 1.55. The van der Waals surface area contributed by atoms with Crippen LogP contribution in [0, 0.1) is 11.6 Å². The van der Waals surface area contributed by atoms with Crippen LogP contribution in [0.25, 0.3) is 0 Å². The SMILES string of the molecule is O=C1C(=O)N(CCCCCF)c2cc(F)cc(F)c21. The van der Waals surface area contributed by atoms with Crippen molar-refractivity contribution < 1.29 is 22.8 Å². The van der Waals surface area contributed by atoms with Crippen molar-refractivity contribution in [2.45, 2.75) is 19.3 Å². The number of unbranched alkanes of at least 4 members (excludes halogenated alkanes) is 2. The Morgan fingerprint density at radius 1 is 1.05 bits per heavy atom. The number of halogens is 3. The molecule has 0 saturated heterocycles. The summed E-state index contributed by atoms with van der Waals surface area (Å²) in [7, 11) is 0. The highest BCUT2D eigenvalue weighted by Crippen LogP contribution is 2.32. The van der Waals surface area contributed by atoms with Gasteiger partial charge in [0.25, 0.3) is 11.7 Å². The van der Waals surface area contributed by atoms with E-state index >= 15 is 0 Å². The minimum absolute atomic E-state index is 0.0345. The molecule has 0 aromatic heterocycles. The van der Waals surface area contributed by atoms with Crippen LogP contribution in [0.4, 0.5) is 18.9 Å². The molecule has 0 atom stereocenters. The highest BCUT2D eigenvalue weighted by atomic mass is 19.1. The summed E-state index contributed by atoms with van der Waals surface area (Å²) in [6.45, 7) is -0.298. The largest absolute Gasteiger partial charge is 0.305 e. The maximum atomic E-state index is 13.5. The van der Waals surface area contributed by atoms with Crippen LogP contribution in [-0.4, -0.2) is 24.9 Å². The molecule has 0 fully saturated rings. The molecule has 0 unspecified atom stereocenters. The molecule has 1 aliphatic rings. The minimum Gasteiger partial charge on any atom is -0.305 e. The lowest BCUT2D eigenvalue weighted by Gasteiger charge is -2.16. The molecule has 0 radical (unpaired) electrons. The Bertz CT molecular complexity index is 531. The Kier molecular flexibility index (Phi) is 3.87. The zero-order valence-electron chi connectivity index (χ0n) is 10.1. The van der Waals surface area contributed by atoms with Gasteiger partial charge in [-0.2, -0.15) is 0 Å². The van der Waals surface area contributed by atoms with E-state index in [1.807, 2.05) is 0 Å². The molecule has 0 bridgehead atoms. The van der Waals surface area contributed by atoms with E-state index < -0.39 is 30.0 Å². The number of anilines is 1. The zero-order chi connectivity index (χ0) is 14.0. The van der Waals surface area contributed by atoms with Gasteiger partial charge < -0.3 is 4.90 Å².